The van der Waals surface area contributed by atoms with Gasteiger partial charge >= 0.3 is 0 Å². The lowest BCUT2D eigenvalue weighted by Crippen LogP contribution is -2.46. The zero-order valence-corrected chi connectivity index (χ0v) is 27.6. The van der Waals surface area contributed by atoms with E-state index in [1.165, 1.54) is 0 Å². The maximum Gasteiger partial charge on any atom is 0.236 e. The predicted octanol–water partition coefficient (Wildman–Crippen LogP) is 3.21. The maximum absolute atomic E-state index is 13.0. The second-order valence-corrected chi connectivity index (χ2v) is 13.0. The van der Waals surface area contributed by atoms with Crippen molar-refractivity contribution in [2.75, 3.05) is 25.5 Å². The molecule has 1 aliphatic heterocycles. The number of benzene rings is 2. The first-order chi connectivity index (χ1) is 22.6. The van der Waals surface area contributed by atoms with Crippen molar-refractivity contribution >= 4 is 22.9 Å². The standard InChI is InChI=1S/C35H45N7O5/c1-21(2)42(22(3)4)28(43)19-36-18-27-39-32(37-17-25(23-12-8-6-9-13-23)24-14-10-7-11-15-24)29-33(40-27)41(20-38-29)34-30(44)31(45)35(47-34)16-26(35)46-5/h6-15,20-22,25-26,30-31,34,36,44-45H,16-19H2,1-5H3,(H,37,39,40)/t26-,30-,31+,34-,35?/m1/s1. The number of ether oxygens (including phenoxy) is 2. The van der Waals surface area contributed by atoms with Crippen LogP contribution in [0, 0.1) is 0 Å². The van der Waals surface area contributed by atoms with E-state index in [0.717, 1.165) is 11.1 Å². The summed E-state index contributed by atoms with van der Waals surface area (Å²) >= 11 is 0. The number of hydrogen-bond donors (Lipinski definition) is 4. The fraction of sp³-hybridized carbons (Fsp3) is 0.486. The molecular weight excluding hydrogens is 598 g/mol. The van der Waals surface area contributed by atoms with Gasteiger partial charge in [0.2, 0.25) is 5.91 Å². The summed E-state index contributed by atoms with van der Waals surface area (Å²) < 4.78 is 13.4. The lowest BCUT2D eigenvalue weighted by atomic mass is 9.91. The van der Waals surface area contributed by atoms with Crippen molar-refractivity contribution in [1.82, 2.24) is 29.7 Å². The Morgan fingerprint density at radius 1 is 1.04 bits per heavy atom. The van der Waals surface area contributed by atoms with Crippen molar-refractivity contribution < 1.29 is 24.5 Å². The van der Waals surface area contributed by atoms with Gasteiger partial charge in [0.15, 0.2) is 23.2 Å². The van der Waals surface area contributed by atoms with Crippen molar-refractivity contribution in [3.63, 3.8) is 0 Å². The number of carbonyl (C=O) groups excluding carboxylic acids is 1. The molecule has 1 saturated heterocycles. The summed E-state index contributed by atoms with van der Waals surface area (Å²) in [4.78, 5) is 29.2. The van der Waals surface area contributed by atoms with E-state index in [1.807, 2.05) is 69.0 Å². The van der Waals surface area contributed by atoms with Gasteiger partial charge in [-0.15, -0.1) is 0 Å². The monoisotopic (exact) mass is 643 g/mol. The van der Waals surface area contributed by atoms with Gasteiger partial charge in [-0.05, 0) is 38.8 Å². The minimum Gasteiger partial charge on any atom is -0.387 e. The zero-order valence-electron chi connectivity index (χ0n) is 27.6. The van der Waals surface area contributed by atoms with Gasteiger partial charge in [-0.2, -0.15) is 0 Å². The largest absolute Gasteiger partial charge is 0.387 e. The summed E-state index contributed by atoms with van der Waals surface area (Å²) in [5.41, 5.74) is 2.28. The summed E-state index contributed by atoms with van der Waals surface area (Å²) in [6.07, 6.45) is -1.52. The Bertz CT molecular complexity index is 1620. The molecule has 1 unspecified atom stereocenters. The molecule has 2 fully saturated rings. The van der Waals surface area contributed by atoms with Crippen molar-refractivity contribution in [3.8, 4) is 0 Å². The Morgan fingerprint density at radius 2 is 1.68 bits per heavy atom. The van der Waals surface area contributed by atoms with E-state index in [9.17, 15) is 15.0 Å². The lowest BCUT2D eigenvalue weighted by molar-refractivity contribution is -0.133. The molecule has 4 aromatic rings. The number of aliphatic hydroxyl groups excluding tert-OH is 2. The van der Waals surface area contributed by atoms with Gasteiger partial charge in [0.1, 0.15) is 23.6 Å². The van der Waals surface area contributed by atoms with Crippen LogP contribution in [0.3, 0.4) is 0 Å². The van der Waals surface area contributed by atoms with E-state index in [-0.39, 0.29) is 43.1 Å². The number of aromatic nitrogens is 4. The fourth-order valence-electron chi connectivity index (χ4n) is 6.87. The average molecular weight is 644 g/mol. The molecule has 1 aliphatic carbocycles. The normalized spacial score (nSPS) is 23.8. The Kier molecular flexibility index (Phi) is 9.58. The highest BCUT2D eigenvalue weighted by Gasteiger charge is 2.69. The van der Waals surface area contributed by atoms with Gasteiger partial charge in [-0.3, -0.25) is 9.36 Å². The van der Waals surface area contributed by atoms with Crippen molar-refractivity contribution in [2.45, 2.75) is 88.8 Å². The summed E-state index contributed by atoms with van der Waals surface area (Å²) in [6.45, 7) is 8.88. The SMILES string of the molecule is CO[C@@H]1CC12O[C@@H](n1cnc3c(NCC(c4ccccc4)c4ccccc4)nc(CNCC(=O)N(C(C)C)C(C)C)nc31)[C@H](O)[C@@H]2O. The molecule has 12 nitrogen and oxygen atoms in total. The van der Waals surface area contributed by atoms with Gasteiger partial charge < -0.3 is 35.2 Å². The topological polar surface area (TPSA) is 147 Å². The number of rotatable bonds is 13. The quantitative estimate of drug-likeness (QED) is 0.171. The molecule has 2 aromatic carbocycles. The fourth-order valence-corrected chi connectivity index (χ4v) is 6.87. The molecule has 2 aromatic heterocycles. The number of carbonyl (C=O) groups is 1. The van der Waals surface area contributed by atoms with Crippen LogP contribution in [0.1, 0.15) is 63.2 Å². The second-order valence-electron chi connectivity index (χ2n) is 13.0. The van der Waals surface area contributed by atoms with Crippen molar-refractivity contribution in [3.05, 3.63) is 83.9 Å². The van der Waals surface area contributed by atoms with Crippen molar-refractivity contribution in [1.29, 1.82) is 0 Å². The van der Waals surface area contributed by atoms with Crippen LogP contribution in [0.25, 0.3) is 11.2 Å². The van der Waals surface area contributed by atoms with Crippen LogP contribution in [0.4, 0.5) is 5.82 Å². The highest BCUT2D eigenvalue weighted by Crippen LogP contribution is 2.54. The molecule has 1 amide bonds. The molecule has 3 heterocycles. The number of hydrogen-bond acceptors (Lipinski definition) is 10. The molecule has 0 radical (unpaired) electrons. The molecule has 12 heteroatoms. The van der Waals surface area contributed by atoms with E-state index in [4.69, 9.17) is 19.4 Å². The second kappa shape index (κ2) is 13.7. The summed E-state index contributed by atoms with van der Waals surface area (Å²) in [5.74, 6) is 0.975. The lowest BCUT2D eigenvalue weighted by Gasteiger charge is -2.30. The maximum atomic E-state index is 13.0. The molecule has 6 rings (SSSR count). The van der Waals surface area contributed by atoms with Gasteiger partial charge in [-0.25, -0.2) is 15.0 Å². The molecule has 1 saturated carbocycles. The number of anilines is 1. The first kappa shape index (κ1) is 33.0. The third kappa shape index (κ3) is 6.48. The summed E-state index contributed by atoms with van der Waals surface area (Å²) in [6, 6.07) is 20.7. The van der Waals surface area contributed by atoms with E-state index >= 15 is 0 Å². The number of imidazole rings is 1. The number of aliphatic hydroxyl groups is 2. The van der Waals surface area contributed by atoms with Crippen LogP contribution in [0.15, 0.2) is 67.0 Å². The van der Waals surface area contributed by atoms with Crippen LogP contribution in [-0.2, 0) is 20.8 Å². The zero-order chi connectivity index (χ0) is 33.3. The third-order valence-corrected chi connectivity index (χ3v) is 9.21. The molecule has 0 bridgehead atoms. The number of nitrogens with one attached hydrogen (secondary N) is 2. The highest BCUT2D eigenvalue weighted by atomic mass is 16.6. The minimum absolute atomic E-state index is 0.00748. The van der Waals surface area contributed by atoms with E-state index in [2.05, 4.69) is 39.9 Å². The Hall–Kier alpha value is -3.94. The van der Waals surface area contributed by atoms with Gasteiger partial charge in [0.25, 0.3) is 0 Å². The average Bonchev–Trinajstić information content (AvgIpc) is 3.53. The van der Waals surface area contributed by atoms with Crippen LogP contribution in [0.2, 0.25) is 0 Å². The molecule has 4 N–H and O–H groups in total. The Morgan fingerprint density at radius 3 is 2.26 bits per heavy atom. The van der Waals surface area contributed by atoms with Crippen LogP contribution in [-0.4, -0.2) is 96.7 Å². The number of amides is 1. The highest BCUT2D eigenvalue weighted by molar-refractivity contribution is 5.83. The molecular formula is C35H45N7O5. The predicted molar refractivity (Wildman–Crippen MR) is 178 cm³/mol. The first-order valence-electron chi connectivity index (χ1n) is 16.3. The first-order valence-corrected chi connectivity index (χ1v) is 16.3. The van der Waals surface area contributed by atoms with Gasteiger partial charge in [-0.1, -0.05) is 60.7 Å². The minimum atomic E-state index is -1.21. The van der Waals surface area contributed by atoms with E-state index < -0.39 is 24.0 Å². The number of fused-ring (bicyclic) bond motifs is 1. The molecule has 47 heavy (non-hydrogen) atoms. The summed E-state index contributed by atoms with van der Waals surface area (Å²) in [7, 11) is 1.57. The molecule has 2 aliphatic rings. The van der Waals surface area contributed by atoms with Gasteiger partial charge in [0, 0.05) is 38.1 Å². The van der Waals surface area contributed by atoms with Crippen LogP contribution >= 0.6 is 0 Å². The van der Waals surface area contributed by atoms with E-state index in [0.29, 0.717) is 35.8 Å². The number of nitrogens with zero attached hydrogens (tertiary/aromatic N) is 5. The molecule has 5 atom stereocenters. The van der Waals surface area contributed by atoms with E-state index in [1.54, 1.807) is 18.0 Å². The third-order valence-electron chi connectivity index (χ3n) is 9.21. The van der Waals surface area contributed by atoms with Gasteiger partial charge in [0.05, 0.1) is 25.5 Å². The molecule has 250 valence electrons. The Balaban J connectivity index is 1.31. The smallest absolute Gasteiger partial charge is 0.236 e. The Labute approximate surface area is 275 Å². The van der Waals surface area contributed by atoms with Crippen molar-refractivity contribution in [2.24, 2.45) is 0 Å². The summed E-state index contributed by atoms with van der Waals surface area (Å²) in [5, 5.41) is 28.8. The van der Waals surface area contributed by atoms with Crippen LogP contribution < -0.4 is 10.6 Å². The molecule has 1 spiro atoms. The van der Waals surface area contributed by atoms with Crippen LogP contribution in [0.5, 0.6) is 0 Å². The number of methoxy groups -OCH3 is 1.